The van der Waals surface area contributed by atoms with Gasteiger partial charge in [0.25, 0.3) is 0 Å². The van der Waals surface area contributed by atoms with E-state index in [0.717, 1.165) is 11.1 Å². The van der Waals surface area contributed by atoms with Crippen molar-refractivity contribution in [3.8, 4) is 11.5 Å². The van der Waals surface area contributed by atoms with Crippen LogP contribution in [-0.4, -0.2) is 62.0 Å². The number of carbonyl (C=O) groups is 6. The first-order valence-electron chi connectivity index (χ1n) is 13.1. The molecule has 12 nitrogen and oxygen atoms in total. The minimum atomic E-state index is -1.21. The van der Waals surface area contributed by atoms with Gasteiger partial charge in [-0.15, -0.1) is 0 Å². The summed E-state index contributed by atoms with van der Waals surface area (Å²) in [5.74, 6) is -5.33. The van der Waals surface area contributed by atoms with E-state index in [9.17, 15) is 28.8 Å². The van der Waals surface area contributed by atoms with Crippen LogP contribution < -0.4 is 20.1 Å². The number of ether oxygens (including phenoxy) is 4. The highest BCUT2D eigenvalue weighted by Crippen LogP contribution is 2.33. The van der Waals surface area contributed by atoms with Crippen LogP contribution in [0.15, 0.2) is 72.8 Å². The molecule has 0 atom stereocenters. The van der Waals surface area contributed by atoms with E-state index in [1.807, 2.05) is 13.8 Å². The van der Waals surface area contributed by atoms with Gasteiger partial charge in [0.2, 0.25) is 11.8 Å². The van der Waals surface area contributed by atoms with Crippen molar-refractivity contribution in [2.45, 2.75) is 33.1 Å². The Labute approximate surface area is 249 Å². The first kappa shape index (κ1) is 33.9. The van der Waals surface area contributed by atoms with Gasteiger partial charge in [0.1, 0.15) is 24.7 Å². The molecule has 0 saturated carbocycles. The highest BCUT2D eigenvalue weighted by atomic mass is 16.6. The molecule has 2 rings (SSSR count). The van der Waals surface area contributed by atoms with Crippen molar-refractivity contribution in [2.24, 2.45) is 0 Å². The predicted molar refractivity (Wildman–Crippen MR) is 154 cm³/mol. The van der Waals surface area contributed by atoms with E-state index >= 15 is 0 Å². The van der Waals surface area contributed by atoms with Gasteiger partial charge >= 0.3 is 23.9 Å². The number of hydrogen-bond acceptors (Lipinski definition) is 10. The second-order valence-corrected chi connectivity index (χ2v) is 9.80. The van der Waals surface area contributed by atoms with E-state index in [2.05, 4.69) is 23.8 Å². The van der Waals surface area contributed by atoms with Gasteiger partial charge in [-0.3, -0.25) is 9.59 Å². The standard InChI is InChI=1S/C31H34N2O10/c1-19(2)25(34)32-15-17-40-27(36)29(38)42-23-11-7-21(8-12-23)31(5,6)22-9-13-24(14-10-22)43-30(39)28(37)41-18-16-33-26(35)20(3)4/h7-14H,1,3,15-18H2,2,4-6H3,(H,32,34)(H,33,35). The fourth-order valence-electron chi connectivity index (χ4n) is 3.38. The molecule has 0 bridgehead atoms. The van der Waals surface area contributed by atoms with Crippen LogP contribution in [0.5, 0.6) is 11.5 Å². The minimum Gasteiger partial charge on any atom is -0.455 e. The molecule has 0 saturated heterocycles. The van der Waals surface area contributed by atoms with Crippen molar-refractivity contribution in [1.82, 2.24) is 10.6 Å². The molecule has 0 fully saturated rings. The zero-order valence-electron chi connectivity index (χ0n) is 24.4. The van der Waals surface area contributed by atoms with Gasteiger partial charge in [-0.2, -0.15) is 0 Å². The molecule has 0 aliphatic carbocycles. The zero-order valence-corrected chi connectivity index (χ0v) is 24.4. The quantitative estimate of drug-likeness (QED) is 0.123. The second-order valence-electron chi connectivity index (χ2n) is 9.80. The molecule has 2 aromatic carbocycles. The lowest BCUT2D eigenvalue weighted by molar-refractivity contribution is -0.162. The van der Waals surface area contributed by atoms with E-state index in [1.54, 1.807) is 24.3 Å². The lowest BCUT2D eigenvalue weighted by atomic mass is 9.78. The van der Waals surface area contributed by atoms with Crippen LogP contribution in [0, 0.1) is 0 Å². The van der Waals surface area contributed by atoms with Crippen LogP contribution in [0.3, 0.4) is 0 Å². The molecule has 43 heavy (non-hydrogen) atoms. The summed E-state index contributed by atoms with van der Waals surface area (Å²) in [5.41, 5.74) is 1.75. The molecule has 2 aromatic rings. The molecule has 0 heterocycles. The number of carbonyl (C=O) groups excluding carboxylic acids is 6. The van der Waals surface area contributed by atoms with Crippen LogP contribution in [0.2, 0.25) is 0 Å². The Kier molecular flexibility index (Phi) is 12.4. The maximum Gasteiger partial charge on any atom is 0.422 e. The van der Waals surface area contributed by atoms with Crippen molar-refractivity contribution in [3.63, 3.8) is 0 Å². The second kappa shape index (κ2) is 15.7. The molecule has 0 aliphatic rings. The Hall–Kier alpha value is -5.26. The summed E-state index contributed by atoms with van der Waals surface area (Å²) in [5, 5.41) is 4.94. The molecule has 228 valence electrons. The summed E-state index contributed by atoms with van der Waals surface area (Å²) >= 11 is 0. The van der Waals surface area contributed by atoms with Gasteiger partial charge in [0, 0.05) is 16.6 Å². The molecule has 0 aromatic heterocycles. The van der Waals surface area contributed by atoms with Crippen LogP contribution >= 0.6 is 0 Å². The molecule has 12 heteroatoms. The molecule has 2 amide bonds. The van der Waals surface area contributed by atoms with E-state index < -0.39 is 41.1 Å². The van der Waals surface area contributed by atoms with Gasteiger partial charge in [0.05, 0.1) is 13.1 Å². The summed E-state index contributed by atoms with van der Waals surface area (Å²) in [4.78, 5) is 70.6. The minimum absolute atomic E-state index is 0.0168. The van der Waals surface area contributed by atoms with Crippen molar-refractivity contribution in [1.29, 1.82) is 0 Å². The van der Waals surface area contributed by atoms with Gasteiger partial charge in [-0.25, -0.2) is 19.2 Å². The summed E-state index contributed by atoms with van der Waals surface area (Å²) in [6.45, 7) is 13.5. The number of esters is 4. The van der Waals surface area contributed by atoms with Crippen LogP contribution in [0.25, 0.3) is 0 Å². The molecule has 2 N–H and O–H groups in total. The van der Waals surface area contributed by atoms with Crippen molar-refractivity contribution >= 4 is 35.7 Å². The van der Waals surface area contributed by atoms with Gasteiger partial charge in [0.15, 0.2) is 0 Å². The third kappa shape index (κ3) is 10.6. The van der Waals surface area contributed by atoms with Crippen molar-refractivity contribution < 1.29 is 47.7 Å². The average Bonchev–Trinajstić information content (AvgIpc) is 2.97. The topological polar surface area (TPSA) is 163 Å². The third-order valence-corrected chi connectivity index (χ3v) is 5.92. The number of nitrogens with one attached hydrogen (secondary N) is 2. The molecular weight excluding hydrogens is 560 g/mol. The number of amides is 2. The molecule has 0 aliphatic heterocycles. The van der Waals surface area contributed by atoms with Crippen LogP contribution in [0.4, 0.5) is 0 Å². The van der Waals surface area contributed by atoms with E-state index in [0.29, 0.717) is 11.1 Å². The van der Waals surface area contributed by atoms with Gasteiger partial charge < -0.3 is 29.6 Å². The molecule has 0 radical (unpaired) electrons. The van der Waals surface area contributed by atoms with E-state index in [-0.39, 0.29) is 37.8 Å². The first-order valence-corrected chi connectivity index (χ1v) is 13.1. The first-order chi connectivity index (χ1) is 20.2. The number of benzene rings is 2. The van der Waals surface area contributed by atoms with Crippen molar-refractivity contribution in [2.75, 3.05) is 26.3 Å². The van der Waals surface area contributed by atoms with Crippen molar-refractivity contribution in [3.05, 3.63) is 84.0 Å². The Balaban J connectivity index is 1.88. The average molecular weight is 595 g/mol. The highest BCUT2D eigenvalue weighted by Gasteiger charge is 2.25. The number of rotatable bonds is 12. The molecule has 0 unspecified atom stereocenters. The maximum atomic E-state index is 12.0. The summed E-state index contributed by atoms with van der Waals surface area (Å²) in [6.07, 6.45) is 0. The fraction of sp³-hybridized carbons (Fsp3) is 0.290. The van der Waals surface area contributed by atoms with Crippen LogP contribution in [0.1, 0.15) is 38.8 Å². The van der Waals surface area contributed by atoms with E-state index in [1.165, 1.54) is 38.1 Å². The molecule has 0 spiro atoms. The largest absolute Gasteiger partial charge is 0.455 e. The fourth-order valence-corrected chi connectivity index (χ4v) is 3.38. The van der Waals surface area contributed by atoms with E-state index in [4.69, 9.17) is 18.9 Å². The Morgan fingerprint density at radius 1 is 0.605 bits per heavy atom. The number of hydrogen-bond donors (Lipinski definition) is 2. The lowest BCUT2D eigenvalue weighted by Gasteiger charge is -2.26. The highest BCUT2D eigenvalue weighted by molar-refractivity contribution is 6.30. The third-order valence-electron chi connectivity index (χ3n) is 5.92. The van der Waals surface area contributed by atoms with Crippen LogP contribution in [-0.2, 0) is 43.7 Å². The SMILES string of the molecule is C=C(C)C(=O)NCCOC(=O)C(=O)Oc1ccc(C(C)(C)c2ccc(OC(=O)C(=O)OCCNC(=O)C(=C)C)cc2)cc1. The Morgan fingerprint density at radius 2 is 0.930 bits per heavy atom. The Bertz CT molecular complexity index is 1290. The summed E-state index contributed by atoms with van der Waals surface area (Å²) in [6, 6.07) is 13.0. The maximum absolute atomic E-state index is 12.0. The van der Waals surface area contributed by atoms with Gasteiger partial charge in [-0.05, 0) is 49.2 Å². The molecular formula is C31H34N2O10. The summed E-state index contributed by atoms with van der Waals surface area (Å²) in [7, 11) is 0. The monoisotopic (exact) mass is 594 g/mol. The summed E-state index contributed by atoms with van der Waals surface area (Å²) < 4.78 is 19.7. The zero-order chi connectivity index (χ0) is 32.2. The lowest BCUT2D eigenvalue weighted by Crippen LogP contribution is -2.30. The predicted octanol–water partition coefficient (Wildman–Crippen LogP) is 2.29. The normalized spacial score (nSPS) is 10.5. The smallest absolute Gasteiger partial charge is 0.422 e. The van der Waals surface area contributed by atoms with Gasteiger partial charge in [-0.1, -0.05) is 51.3 Å². The Morgan fingerprint density at radius 3 is 1.23 bits per heavy atom.